The molecule has 0 fully saturated rings. The average Bonchev–Trinajstić information content (AvgIpc) is 3.26. The van der Waals surface area contributed by atoms with Crippen molar-refractivity contribution < 1.29 is 19.2 Å². The second kappa shape index (κ2) is 8.91. The Hall–Kier alpha value is -4.54. The third kappa shape index (κ3) is 4.28. The molecule has 0 radical (unpaired) electrons. The van der Waals surface area contributed by atoms with E-state index < -0.39 is 22.8 Å². The van der Waals surface area contributed by atoms with E-state index in [1.807, 2.05) is 0 Å². The lowest BCUT2D eigenvalue weighted by atomic mass is 9.94. The van der Waals surface area contributed by atoms with Crippen molar-refractivity contribution in [1.82, 2.24) is 14.8 Å². The van der Waals surface area contributed by atoms with Crippen LogP contribution in [0.4, 0.5) is 17.3 Å². The number of nitro benzene ring substituents is 1. The number of esters is 1. The molecule has 0 saturated carbocycles. The highest BCUT2D eigenvalue weighted by atomic mass is 16.6. The summed E-state index contributed by atoms with van der Waals surface area (Å²) >= 11 is 0. The van der Waals surface area contributed by atoms with Crippen LogP contribution in [0.15, 0.2) is 66.1 Å². The molecule has 0 unspecified atom stereocenters. The van der Waals surface area contributed by atoms with Crippen LogP contribution in [0.5, 0.6) is 0 Å². The predicted molar refractivity (Wildman–Crippen MR) is 119 cm³/mol. The second-order valence-electron chi connectivity index (χ2n) is 7.20. The number of carbonyl (C=O) groups excluding carboxylic acids is 2. The maximum absolute atomic E-state index is 13.3. The Kier molecular flexibility index (Phi) is 5.85. The van der Waals surface area contributed by atoms with Crippen LogP contribution in [0.3, 0.4) is 0 Å². The number of amides is 1. The summed E-state index contributed by atoms with van der Waals surface area (Å²) in [7, 11) is 0. The van der Waals surface area contributed by atoms with Crippen LogP contribution in [0.2, 0.25) is 0 Å². The van der Waals surface area contributed by atoms with Crippen LogP contribution < -0.4 is 10.6 Å². The van der Waals surface area contributed by atoms with Crippen LogP contribution in [0.1, 0.15) is 35.8 Å². The van der Waals surface area contributed by atoms with Crippen LogP contribution >= 0.6 is 0 Å². The van der Waals surface area contributed by atoms with Gasteiger partial charge < -0.3 is 15.4 Å². The molecule has 33 heavy (non-hydrogen) atoms. The Morgan fingerprint density at radius 3 is 2.70 bits per heavy atom. The number of nitrogens with zero attached hydrogens (tertiary/aromatic N) is 4. The van der Waals surface area contributed by atoms with Crippen LogP contribution in [-0.4, -0.2) is 38.2 Å². The van der Waals surface area contributed by atoms with E-state index in [1.54, 1.807) is 50.2 Å². The molecule has 2 heterocycles. The molecule has 1 amide bonds. The molecule has 168 valence electrons. The average molecular weight is 448 g/mol. The van der Waals surface area contributed by atoms with Gasteiger partial charge in [-0.15, -0.1) is 0 Å². The van der Waals surface area contributed by atoms with Crippen molar-refractivity contribution in [3.8, 4) is 0 Å². The quantitative estimate of drug-likeness (QED) is 0.332. The third-order valence-corrected chi connectivity index (χ3v) is 5.09. The topological polar surface area (TPSA) is 141 Å². The van der Waals surface area contributed by atoms with Crippen LogP contribution in [0, 0.1) is 10.1 Å². The minimum Gasteiger partial charge on any atom is -0.462 e. The lowest BCUT2D eigenvalue weighted by Crippen LogP contribution is -2.31. The zero-order chi connectivity index (χ0) is 23.5. The number of aromatic nitrogens is 3. The molecule has 1 atom stereocenters. The molecule has 1 aliphatic rings. The van der Waals surface area contributed by atoms with Gasteiger partial charge in [-0.25, -0.2) is 9.48 Å². The first-order chi connectivity index (χ1) is 15.9. The standard InChI is InChI=1S/C22H20N6O5/c1-3-33-21(30)14-7-9-16(10-8-14)26-20(29)18-13(2)25-22-23-12-24-27(22)19(18)15-5-4-6-17(11-15)28(31)32/h4-12,19H,3H2,1-2H3,(H,26,29)(H,23,24,25)/t19-/m0/s1. The van der Waals surface area contributed by atoms with E-state index in [2.05, 4.69) is 20.7 Å². The van der Waals surface area contributed by atoms with Gasteiger partial charge in [-0.2, -0.15) is 10.1 Å². The molecule has 1 aromatic heterocycles. The molecule has 11 nitrogen and oxygen atoms in total. The van der Waals surface area contributed by atoms with Crippen molar-refractivity contribution in [2.24, 2.45) is 0 Å². The number of carbonyl (C=O) groups is 2. The number of anilines is 2. The summed E-state index contributed by atoms with van der Waals surface area (Å²) in [4.78, 5) is 40.2. The van der Waals surface area contributed by atoms with E-state index in [0.29, 0.717) is 34.0 Å². The van der Waals surface area contributed by atoms with Crippen molar-refractivity contribution in [2.45, 2.75) is 19.9 Å². The smallest absolute Gasteiger partial charge is 0.338 e. The summed E-state index contributed by atoms with van der Waals surface area (Å²) in [5, 5.41) is 21.4. The Balaban J connectivity index is 1.67. The molecule has 2 N–H and O–H groups in total. The lowest BCUT2D eigenvalue weighted by molar-refractivity contribution is -0.384. The highest BCUT2D eigenvalue weighted by Gasteiger charge is 2.34. The molecule has 4 rings (SSSR count). The first-order valence-corrected chi connectivity index (χ1v) is 10.1. The number of allylic oxidation sites excluding steroid dienone is 1. The molecule has 0 saturated heterocycles. The normalized spacial score (nSPS) is 14.8. The monoisotopic (exact) mass is 448 g/mol. The Morgan fingerprint density at radius 1 is 1.24 bits per heavy atom. The number of fused-ring (bicyclic) bond motifs is 1. The third-order valence-electron chi connectivity index (χ3n) is 5.09. The molecular weight excluding hydrogens is 428 g/mol. The SMILES string of the molecule is CCOC(=O)c1ccc(NC(=O)C2=C(C)Nc3ncnn3[C@H]2c2cccc([N+](=O)[O-])c2)cc1. The van der Waals surface area contributed by atoms with Gasteiger partial charge >= 0.3 is 5.97 Å². The number of ether oxygens (including phenoxy) is 1. The first-order valence-electron chi connectivity index (χ1n) is 10.1. The van der Waals surface area contributed by atoms with Gasteiger partial charge in [-0.05, 0) is 43.7 Å². The van der Waals surface area contributed by atoms with E-state index in [-0.39, 0.29) is 12.3 Å². The zero-order valence-electron chi connectivity index (χ0n) is 17.8. The van der Waals surface area contributed by atoms with Crippen molar-refractivity contribution in [3.63, 3.8) is 0 Å². The van der Waals surface area contributed by atoms with Gasteiger partial charge in [-0.1, -0.05) is 12.1 Å². The fourth-order valence-electron chi connectivity index (χ4n) is 3.60. The Morgan fingerprint density at radius 2 is 2.00 bits per heavy atom. The Bertz CT molecular complexity index is 1260. The van der Waals surface area contributed by atoms with Gasteiger partial charge in [-0.3, -0.25) is 14.9 Å². The first kappa shape index (κ1) is 21.7. The van der Waals surface area contributed by atoms with E-state index in [9.17, 15) is 19.7 Å². The highest BCUT2D eigenvalue weighted by molar-refractivity contribution is 6.06. The Labute approximate surface area is 188 Å². The largest absolute Gasteiger partial charge is 0.462 e. The molecule has 11 heteroatoms. The number of hydrogen-bond donors (Lipinski definition) is 2. The van der Waals surface area contributed by atoms with Gasteiger partial charge in [0.05, 0.1) is 22.7 Å². The summed E-state index contributed by atoms with van der Waals surface area (Å²) in [6, 6.07) is 11.6. The summed E-state index contributed by atoms with van der Waals surface area (Å²) in [6.07, 6.45) is 1.34. The maximum Gasteiger partial charge on any atom is 0.338 e. The number of benzene rings is 2. The fraction of sp³-hybridized carbons (Fsp3) is 0.182. The molecule has 3 aromatic rings. The van der Waals surface area contributed by atoms with E-state index in [1.165, 1.54) is 23.1 Å². The van der Waals surface area contributed by atoms with Gasteiger partial charge in [0.15, 0.2) is 0 Å². The van der Waals surface area contributed by atoms with Gasteiger partial charge in [0.25, 0.3) is 11.6 Å². The van der Waals surface area contributed by atoms with Crippen LogP contribution in [0.25, 0.3) is 0 Å². The highest BCUT2D eigenvalue weighted by Crippen LogP contribution is 2.36. The number of nitro groups is 1. The van der Waals surface area contributed by atoms with Crippen molar-refractivity contribution in [3.05, 3.63) is 87.4 Å². The number of non-ortho nitro benzene ring substituents is 1. The minimum absolute atomic E-state index is 0.0975. The maximum atomic E-state index is 13.3. The number of nitrogens with one attached hydrogen (secondary N) is 2. The summed E-state index contributed by atoms with van der Waals surface area (Å²) in [5.41, 5.74) is 2.11. The number of rotatable bonds is 6. The van der Waals surface area contributed by atoms with Gasteiger partial charge in [0.1, 0.15) is 12.4 Å². The van der Waals surface area contributed by atoms with Gasteiger partial charge in [0.2, 0.25) is 5.95 Å². The van der Waals surface area contributed by atoms with Crippen LogP contribution in [-0.2, 0) is 9.53 Å². The van der Waals surface area contributed by atoms with Crippen molar-refractivity contribution in [1.29, 1.82) is 0 Å². The molecule has 0 spiro atoms. The van der Waals surface area contributed by atoms with Crippen molar-refractivity contribution in [2.75, 3.05) is 17.2 Å². The molecule has 0 bridgehead atoms. The van der Waals surface area contributed by atoms with Crippen molar-refractivity contribution >= 4 is 29.2 Å². The fourth-order valence-corrected chi connectivity index (χ4v) is 3.60. The minimum atomic E-state index is -0.734. The summed E-state index contributed by atoms with van der Waals surface area (Å²) in [6.45, 7) is 3.71. The van der Waals surface area contributed by atoms with Gasteiger partial charge in [0, 0.05) is 23.5 Å². The van der Waals surface area contributed by atoms with E-state index in [4.69, 9.17) is 4.74 Å². The lowest BCUT2D eigenvalue weighted by Gasteiger charge is -2.28. The zero-order valence-corrected chi connectivity index (χ0v) is 17.8. The predicted octanol–water partition coefficient (Wildman–Crippen LogP) is 3.29. The molecule has 2 aromatic carbocycles. The van der Waals surface area contributed by atoms with E-state index in [0.717, 1.165) is 0 Å². The number of hydrogen-bond acceptors (Lipinski definition) is 8. The van der Waals surface area contributed by atoms with E-state index >= 15 is 0 Å². The summed E-state index contributed by atoms with van der Waals surface area (Å²) in [5.74, 6) is -0.462. The molecule has 1 aliphatic heterocycles. The summed E-state index contributed by atoms with van der Waals surface area (Å²) < 4.78 is 6.47. The molecule has 0 aliphatic carbocycles. The second-order valence-corrected chi connectivity index (χ2v) is 7.20. The molecular formula is C22H20N6O5.